The van der Waals surface area contributed by atoms with E-state index < -0.39 is 11.0 Å². The van der Waals surface area contributed by atoms with Gasteiger partial charge in [0, 0.05) is 13.1 Å². The summed E-state index contributed by atoms with van der Waals surface area (Å²) in [6.45, 7) is 11.6. The summed E-state index contributed by atoms with van der Waals surface area (Å²) >= 11 is 0. The van der Waals surface area contributed by atoms with Crippen molar-refractivity contribution in [2.75, 3.05) is 13.1 Å². The summed E-state index contributed by atoms with van der Waals surface area (Å²) in [4.78, 5) is 25.5. The van der Waals surface area contributed by atoms with Crippen LogP contribution in [-0.2, 0) is 14.3 Å². The van der Waals surface area contributed by atoms with Crippen LogP contribution in [0.5, 0.6) is 0 Å². The molecular weight excluding hydrogens is 246 g/mol. The Labute approximate surface area is 114 Å². The fraction of sp³-hybridized carbons (Fsp3) is 0.714. The number of rotatable bonds is 2. The maximum atomic E-state index is 12.0. The third kappa shape index (κ3) is 4.26. The standard InChI is InChI=1S/C14H23NO4/c1-6-18-11(16)14(5)8-7-9-15(10-14)12(17)19-13(2,3)4/h6H,1,7-10H2,2-5H3. The summed E-state index contributed by atoms with van der Waals surface area (Å²) in [5.74, 6) is -0.351. The number of hydrogen-bond acceptors (Lipinski definition) is 4. The zero-order valence-electron chi connectivity index (χ0n) is 12.2. The minimum Gasteiger partial charge on any atom is -0.444 e. The first-order valence-electron chi connectivity index (χ1n) is 6.48. The smallest absolute Gasteiger partial charge is 0.410 e. The molecule has 0 aromatic carbocycles. The molecule has 1 fully saturated rings. The van der Waals surface area contributed by atoms with Gasteiger partial charge in [-0.1, -0.05) is 6.58 Å². The monoisotopic (exact) mass is 269 g/mol. The molecule has 1 aliphatic heterocycles. The molecule has 1 atom stereocenters. The maximum Gasteiger partial charge on any atom is 0.410 e. The van der Waals surface area contributed by atoms with Gasteiger partial charge in [-0.05, 0) is 40.5 Å². The first-order chi connectivity index (χ1) is 8.68. The molecule has 0 radical (unpaired) electrons. The lowest BCUT2D eigenvalue weighted by Crippen LogP contribution is -2.50. The molecule has 1 rings (SSSR count). The number of nitrogens with zero attached hydrogens (tertiary/aromatic N) is 1. The molecule has 0 bridgehead atoms. The Bertz CT molecular complexity index is 372. The van der Waals surface area contributed by atoms with Crippen LogP contribution >= 0.6 is 0 Å². The molecule has 108 valence electrons. The van der Waals surface area contributed by atoms with E-state index in [-0.39, 0.29) is 12.1 Å². The molecule has 1 heterocycles. The maximum absolute atomic E-state index is 12.0. The van der Waals surface area contributed by atoms with Gasteiger partial charge in [-0.15, -0.1) is 0 Å². The Kier molecular flexibility index (Phi) is 4.61. The van der Waals surface area contributed by atoms with Crippen molar-refractivity contribution in [2.45, 2.75) is 46.1 Å². The van der Waals surface area contributed by atoms with E-state index in [9.17, 15) is 9.59 Å². The number of ether oxygens (including phenoxy) is 2. The highest BCUT2D eigenvalue weighted by atomic mass is 16.6. The summed E-state index contributed by atoms with van der Waals surface area (Å²) < 4.78 is 10.2. The molecule has 1 unspecified atom stereocenters. The number of carbonyl (C=O) groups is 2. The molecule has 1 amide bonds. The van der Waals surface area contributed by atoms with E-state index in [1.54, 1.807) is 11.8 Å². The normalized spacial score (nSPS) is 23.7. The summed E-state index contributed by atoms with van der Waals surface area (Å²) in [5.41, 5.74) is -1.23. The number of esters is 1. The van der Waals surface area contributed by atoms with Gasteiger partial charge < -0.3 is 14.4 Å². The van der Waals surface area contributed by atoms with Crippen molar-refractivity contribution in [2.24, 2.45) is 5.41 Å². The van der Waals surface area contributed by atoms with E-state index in [0.717, 1.165) is 12.7 Å². The molecule has 1 aliphatic rings. The number of carbonyl (C=O) groups excluding carboxylic acids is 2. The number of amides is 1. The van der Waals surface area contributed by atoms with Crippen LogP contribution in [0.4, 0.5) is 4.79 Å². The van der Waals surface area contributed by atoms with Crippen LogP contribution in [0.3, 0.4) is 0 Å². The summed E-state index contributed by atoms with van der Waals surface area (Å²) in [5, 5.41) is 0. The van der Waals surface area contributed by atoms with E-state index >= 15 is 0 Å². The molecule has 19 heavy (non-hydrogen) atoms. The average molecular weight is 269 g/mol. The van der Waals surface area contributed by atoms with Crippen LogP contribution in [0.1, 0.15) is 40.5 Å². The number of hydrogen-bond donors (Lipinski definition) is 0. The average Bonchev–Trinajstić information content (AvgIpc) is 2.27. The van der Waals surface area contributed by atoms with Gasteiger partial charge in [0.1, 0.15) is 5.60 Å². The minimum atomic E-state index is -0.691. The van der Waals surface area contributed by atoms with Crippen molar-refractivity contribution in [3.8, 4) is 0 Å². The van der Waals surface area contributed by atoms with Crippen molar-refractivity contribution >= 4 is 12.1 Å². The third-order valence-electron chi connectivity index (χ3n) is 3.03. The van der Waals surface area contributed by atoms with Crippen LogP contribution in [0, 0.1) is 5.41 Å². The van der Waals surface area contributed by atoms with Gasteiger partial charge in [-0.25, -0.2) is 4.79 Å². The van der Waals surface area contributed by atoms with Gasteiger partial charge in [0.15, 0.2) is 0 Å². The zero-order valence-corrected chi connectivity index (χ0v) is 12.2. The van der Waals surface area contributed by atoms with Gasteiger partial charge in [-0.3, -0.25) is 4.79 Å². The van der Waals surface area contributed by atoms with Gasteiger partial charge in [0.25, 0.3) is 0 Å². The Morgan fingerprint density at radius 2 is 2.00 bits per heavy atom. The predicted molar refractivity (Wildman–Crippen MR) is 71.4 cm³/mol. The van der Waals surface area contributed by atoms with Crippen molar-refractivity contribution in [3.63, 3.8) is 0 Å². The zero-order chi connectivity index (χ0) is 14.7. The second-order valence-corrected chi connectivity index (χ2v) is 6.14. The quantitative estimate of drug-likeness (QED) is 0.571. The van der Waals surface area contributed by atoms with Crippen LogP contribution in [-0.4, -0.2) is 35.7 Å². The molecule has 5 heteroatoms. The summed E-state index contributed by atoms with van der Waals surface area (Å²) in [6, 6.07) is 0. The molecule has 0 N–H and O–H groups in total. The Hall–Kier alpha value is -1.52. The lowest BCUT2D eigenvalue weighted by molar-refractivity contribution is -0.151. The van der Waals surface area contributed by atoms with Crippen LogP contribution in [0.2, 0.25) is 0 Å². The van der Waals surface area contributed by atoms with E-state index in [2.05, 4.69) is 6.58 Å². The highest BCUT2D eigenvalue weighted by Crippen LogP contribution is 2.31. The lowest BCUT2D eigenvalue weighted by atomic mass is 9.82. The van der Waals surface area contributed by atoms with Crippen molar-refractivity contribution in [3.05, 3.63) is 12.8 Å². The van der Waals surface area contributed by atoms with Crippen LogP contribution < -0.4 is 0 Å². The SMILES string of the molecule is C=COC(=O)C1(C)CCCN(C(=O)OC(C)(C)C)C1. The highest BCUT2D eigenvalue weighted by molar-refractivity contribution is 5.78. The fourth-order valence-corrected chi connectivity index (χ4v) is 2.11. The van der Waals surface area contributed by atoms with E-state index in [1.165, 1.54) is 0 Å². The second-order valence-electron chi connectivity index (χ2n) is 6.14. The van der Waals surface area contributed by atoms with Crippen molar-refractivity contribution in [1.29, 1.82) is 0 Å². The number of piperidine rings is 1. The summed E-state index contributed by atoms with van der Waals surface area (Å²) in [7, 11) is 0. The summed E-state index contributed by atoms with van der Waals surface area (Å²) in [6.07, 6.45) is 2.19. The van der Waals surface area contributed by atoms with Gasteiger partial charge in [0.05, 0.1) is 11.7 Å². The molecule has 5 nitrogen and oxygen atoms in total. The molecular formula is C14H23NO4. The van der Waals surface area contributed by atoms with E-state index in [4.69, 9.17) is 9.47 Å². The van der Waals surface area contributed by atoms with Gasteiger partial charge >= 0.3 is 12.1 Å². The predicted octanol–water partition coefficient (Wildman–Crippen LogP) is 2.71. The molecule has 0 aromatic rings. The topological polar surface area (TPSA) is 55.8 Å². The Balaban J connectivity index is 2.71. The van der Waals surface area contributed by atoms with Gasteiger partial charge in [-0.2, -0.15) is 0 Å². The van der Waals surface area contributed by atoms with Crippen LogP contribution in [0.15, 0.2) is 12.8 Å². The largest absolute Gasteiger partial charge is 0.444 e. The van der Waals surface area contributed by atoms with Crippen molar-refractivity contribution in [1.82, 2.24) is 4.90 Å². The van der Waals surface area contributed by atoms with E-state index in [0.29, 0.717) is 19.5 Å². The third-order valence-corrected chi connectivity index (χ3v) is 3.03. The van der Waals surface area contributed by atoms with Gasteiger partial charge in [0.2, 0.25) is 0 Å². The minimum absolute atomic E-state index is 0.314. The van der Waals surface area contributed by atoms with Crippen molar-refractivity contribution < 1.29 is 19.1 Å². The molecule has 0 saturated carbocycles. The first-order valence-corrected chi connectivity index (χ1v) is 6.48. The highest BCUT2D eigenvalue weighted by Gasteiger charge is 2.41. The lowest BCUT2D eigenvalue weighted by Gasteiger charge is -2.38. The Morgan fingerprint density at radius 3 is 2.53 bits per heavy atom. The van der Waals surface area contributed by atoms with Crippen LogP contribution in [0.25, 0.3) is 0 Å². The van der Waals surface area contributed by atoms with E-state index in [1.807, 2.05) is 20.8 Å². The molecule has 0 aliphatic carbocycles. The fourth-order valence-electron chi connectivity index (χ4n) is 2.11. The first kappa shape index (κ1) is 15.5. The molecule has 0 spiro atoms. The molecule has 0 aromatic heterocycles. The second kappa shape index (κ2) is 5.63. The Morgan fingerprint density at radius 1 is 1.37 bits per heavy atom. The number of likely N-dealkylation sites (tertiary alicyclic amines) is 1. The molecule has 1 saturated heterocycles.